The molecule has 1 aromatic carbocycles. The Bertz CT molecular complexity index is 1000. The van der Waals surface area contributed by atoms with Gasteiger partial charge in [-0.05, 0) is 43.2 Å². The van der Waals surface area contributed by atoms with E-state index in [-0.39, 0.29) is 24.7 Å². The highest BCUT2D eigenvalue weighted by atomic mass is 19.4. The van der Waals surface area contributed by atoms with E-state index in [1.165, 1.54) is 11.0 Å². The summed E-state index contributed by atoms with van der Waals surface area (Å²) in [4.78, 5) is 27.8. The molecule has 1 aromatic heterocycles. The van der Waals surface area contributed by atoms with Crippen LogP contribution in [0.4, 0.5) is 23.4 Å². The summed E-state index contributed by atoms with van der Waals surface area (Å²) in [5.41, 5.74) is -1.71. The van der Waals surface area contributed by atoms with Crippen LogP contribution in [0.1, 0.15) is 39.3 Å². The number of carbonyl (C=O) groups is 2. The number of nitrogens with one attached hydrogen (secondary N) is 1. The van der Waals surface area contributed by atoms with Gasteiger partial charge in [0.2, 0.25) is 0 Å². The minimum atomic E-state index is -4.77. The molecule has 0 radical (unpaired) electrons. The van der Waals surface area contributed by atoms with Crippen LogP contribution < -0.4 is 10.2 Å². The Balaban J connectivity index is 1.60. The van der Waals surface area contributed by atoms with Gasteiger partial charge in [0.05, 0.1) is 11.1 Å². The lowest BCUT2D eigenvalue weighted by Gasteiger charge is -2.35. The smallest absolute Gasteiger partial charge is 0.352 e. The van der Waals surface area contributed by atoms with E-state index < -0.39 is 29.0 Å². The van der Waals surface area contributed by atoms with Crippen molar-refractivity contribution in [2.24, 2.45) is 0 Å². The third-order valence-corrected chi connectivity index (χ3v) is 5.16. The van der Waals surface area contributed by atoms with Gasteiger partial charge in [-0.3, -0.25) is 9.59 Å². The number of piperazine rings is 1. The van der Waals surface area contributed by atoms with Crippen molar-refractivity contribution in [3.8, 4) is 0 Å². The van der Waals surface area contributed by atoms with E-state index in [0.29, 0.717) is 43.7 Å². The molecule has 1 N–H and O–H groups in total. The molecule has 11 heteroatoms. The third kappa shape index (κ3) is 6.05. The van der Waals surface area contributed by atoms with Gasteiger partial charge in [-0.25, -0.2) is 4.39 Å². The Morgan fingerprint density at radius 2 is 1.82 bits per heavy atom. The van der Waals surface area contributed by atoms with Crippen LogP contribution in [0.25, 0.3) is 0 Å². The Kier molecular flexibility index (Phi) is 7.62. The van der Waals surface area contributed by atoms with Gasteiger partial charge in [0, 0.05) is 32.7 Å². The Hall–Kier alpha value is -3.50. The summed E-state index contributed by atoms with van der Waals surface area (Å²) in [5, 5.41) is 10.7. The first-order valence-electron chi connectivity index (χ1n) is 10.3. The van der Waals surface area contributed by atoms with Crippen LogP contribution >= 0.6 is 0 Å². The van der Waals surface area contributed by atoms with Crippen LogP contribution in [0.2, 0.25) is 0 Å². The molecule has 0 atom stereocenters. The van der Waals surface area contributed by atoms with Crippen molar-refractivity contribution in [2.75, 3.05) is 37.6 Å². The van der Waals surface area contributed by atoms with Gasteiger partial charge in [-0.1, -0.05) is 6.08 Å². The first kappa shape index (κ1) is 24.1. The van der Waals surface area contributed by atoms with Crippen LogP contribution in [0.15, 0.2) is 43.0 Å². The largest absolute Gasteiger partial charge is 0.417 e. The monoisotopic (exact) mass is 465 g/mol. The van der Waals surface area contributed by atoms with Crippen LogP contribution in [0, 0.1) is 5.82 Å². The number of amides is 2. The number of hydrogen-bond acceptors (Lipinski definition) is 5. The number of rotatable bonds is 7. The molecule has 2 amide bonds. The molecule has 1 saturated heterocycles. The maximum Gasteiger partial charge on any atom is 0.417 e. The maximum absolute atomic E-state index is 13.5. The molecular weight excluding hydrogens is 442 g/mol. The number of unbranched alkanes of at least 4 members (excludes halogenated alkanes) is 1. The molecule has 1 fully saturated rings. The summed E-state index contributed by atoms with van der Waals surface area (Å²) in [6.45, 7) is 4.95. The first-order chi connectivity index (χ1) is 15.7. The van der Waals surface area contributed by atoms with E-state index in [4.69, 9.17) is 0 Å². The number of halogens is 4. The molecule has 1 aliphatic heterocycles. The molecule has 0 aliphatic carbocycles. The van der Waals surface area contributed by atoms with Crippen LogP contribution in [-0.2, 0) is 6.18 Å². The number of carbonyl (C=O) groups excluding carboxylic acids is 2. The van der Waals surface area contributed by atoms with Crippen molar-refractivity contribution in [1.82, 2.24) is 20.4 Å². The molecule has 0 spiro atoms. The zero-order valence-corrected chi connectivity index (χ0v) is 17.7. The topological polar surface area (TPSA) is 78.4 Å². The number of nitrogens with zero attached hydrogens (tertiary/aromatic N) is 4. The highest BCUT2D eigenvalue weighted by molar-refractivity contribution is 5.96. The van der Waals surface area contributed by atoms with Gasteiger partial charge in [-0.15, -0.1) is 16.8 Å². The minimum absolute atomic E-state index is 0.125. The number of hydrogen-bond donors (Lipinski definition) is 1. The van der Waals surface area contributed by atoms with Gasteiger partial charge in [-0.2, -0.15) is 13.2 Å². The summed E-state index contributed by atoms with van der Waals surface area (Å²) in [6.07, 6.45) is -1.45. The van der Waals surface area contributed by atoms with Crippen LogP contribution in [0.5, 0.6) is 0 Å². The molecule has 7 nitrogen and oxygen atoms in total. The molecule has 33 heavy (non-hydrogen) atoms. The van der Waals surface area contributed by atoms with E-state index in [9.17, 15) is 27.2 Å². The molecule has 3 rings (SSSR count). The Morgan fingerprint density at radius 3 is 2.42 bits per heavy atom. The second kappa shape index (κ2) is 10.4. The zero-order chi connectivity index (χ0) is 24.0. The second-order valence-corrected chi connectivity index (χ2v) is 7.43. The predicted molar refractivity (Wildman–Crippen MR) is 113 cm³/mol. The van der Waals surface area contributed by atoms with Gasteiger partial charge < -0.3 is 15.1 Å². The number of benzene rings is 1. The quantitative estimate of drug-likeness (QED) is 0.386. The number of aromatic nitrogens is 2. The average molecular weight is 465 g/mol. The molecule has 2 aromatic rings. The summed E-state index contributed by atoms with van der Waals surface area (Å²) in [6, 6.07) is 5.03. The fourth-order valence-corrected chi connectivity index (χ4v) is 3.40. The highest BCUT2D eigenvalue weighted by Crippen LogP contribution is 2.33. The SMILES string of the molecule is C=CCCCNC(=O)c1ccc(N2CCN(C(=O)c3cc(F)ccc3C(F)(F)F)CC2)nn1. The zero-order valence-electron chi connectivity index (χ0n) is 17.7. The normalized spacial score (nSPS) is 14.2. The molecule has 0 unspecified atom stereocenters. The van der Waals surface area contributed by atoms with Gasteiger partial charge >= 0.3 is 6.18 Å². The molecule has 1 aliphatic rings. The number of allylic oxidation sites excluding steroid dienone is 1. The Labute approximate surface area is 188 Å². The fraction of sp³-hybridized carbons (Fsp3) is 0.364. The van der Waals surface area contributed by atoms with Crippen molar-refractivity contribution in [2.45, 2.75) is 19.0 Å². The van der Waals surface area contributed by atoms with E-state index in [1.54, 1.807) is 17.0 Å². The molecule has 0 bridgehead atoms. The third-order valence-electron chi connectivity index (χ3n) is 5.16. The first-order valence-corrected chi connectivity index (χ1v) is 10.3. The van der Waals surface area contributed by atoms with Crippen molar-refractivity contribution in [1.29, 1.82) is 0 Å². The number of alkyl halides is 3. The van der Waals surface area contributed by atoms with Crippen molar-refractivity contribution >= 4 is 17.6 Å². The predicted octanol–water partition coefficient (Wildman–Crippen LogP) is 3.29. The van der Waals surface area contributed by atoms with Crippen LogP contribution in [-0.4, -0.2) is 59.6 Å². The van der Waals surface area contributed by atoms with Crippen molar-refractivity contribution in [3.05, 3.63) is 65.6 Å². The lowest BCUT2D eigenvalue weighted by molar-refractivity contribution is -0.138. The molecule has 176 valence electrons. The van der Waals surface area contributed by atoms with E-state index >= 15 is 0 Å². The Morgan fingerprint density at radius 1 is 1.09 bits per heavy atom. The second-order valence-electron chi connectivity index (χ2n) is 7.43. The van der Waals surface area contributed by atoms with Crippen molar-refractivity contribution in [3.63, 3.8) is 0 Å². The van der Waals surface area contributed by atoms with Gasteiger partial charge in [0.1, 0.15) is 5.82 Å². The molecule has 0 saturated carbocycles. The minimum Gasteiger partial charge on any atom is -0.352 e. The van der Waals surface area contributed by atoms with Gasteiger partial charge in [0.15, 0.2) is 11.5 Å². The van der Waals surface area contributed by atoms with Crippen LogP contribution in [0.3, 0.4) is 0 Å². The van der Waals surface area contributed by atoms with E-state index in [0.717, 1.165) is 12.8 Å². The summed E-state index contributed by atoms with van der Waals surface area (Å²) in [5.74, 6) is -1.66. The highest BCUT2D eigenvalue weighted by Gasteiger charge is 2.37. The lowest BCUT2D eigenvalue weighted by atomic mass is 10.0. The lowest BCUT2D eigenvalue weighted by Crippen LogP contribution is -2.49. The summed E-state index contributed by atoms with van der Waals surface area (Å²) >= 11 is 0. The van der Waals surface area contributed by atoms with E-state index in [2.05, 4.69) is 22.1 Å². The molecular formula is C22H23F4N5O2. The number of anilines is 1. The maximum atomic E-state index is 13.5. The van der Waals surface area contributed by atoms with Crippen molar-refractivity contribution < 1.29 is 27.2 Å². The summed E-state index contributed by atoms with van der Waals surface area (Å²) < 4.78 is 53.2. The average Bonchev–Trinajstić information content (AvgIpc) is 2.80. The molecule has 2 heterocycles. The fourth-order valence-electron chi connectivity index (χ4n) is 3.40. The summed E-state index contributed by atoms with van der Waals surface area (Å²) in [7, 11) is 0. The standard InChI is InChI=1S/C22H23F4N5O2/c1-2-3-4-9-27-20(32)18-7-8-19(29-28-18)30-10-12-31(13-11-30)21(33)16-14-15(23)5-6-17(16)22(24,25)26/h2,5-8,14H,1,3-4,9-13H2,(H,27,32). The van der Waals surface area contributed by atoms with Gasteiger partial charge in [0.25, 0.3) is 11.8 Å². The van der Waals surface area contributed by atoms with E-state index in [1.807, 2.05) is 0 Å².